The summed E-state index contributed by atoms with van der Waals surface area (Å²) in [4.78, 5) is 18.2. The molecule has 0 aliphatic carbocycles. The quantitative estimate of drug-likeness (QED) is 0.339. The molecule has 36 heavy (non-hydrogen) atoms. The van der Waals surface area contributed by atoms with Crippen molar-refractivity contribution in [1.82, 2.24) is 15.2 Å². The highest BCUT2D eigenvalue weighted by Gasteiger charge is 2.15. The highest BCUT2D eigenvalue weighted by molar-refractivity contribution is 6.33. The lowest BCUT2D eigenvalue weighted by atomic mass is 10.1. The van der Waals surface area contributed by atoms with Crippen molar-refractivity contribution in [1.29, 1.82) is 5.26 Å². The van der Waals surface area contributed by atoms with E-state index in [1.807, 2.05) is 20.8 Å². The standard InChI is InChI=1S/C26H30ClN5O4/c1-4-29-26(34)31-22-8-7-19(12-21(22)27)36-24-9-10-30-23-13-25(17(14-28)11-20(23)24)35-16-18(33)15-32(5-2)6-3/h7-13,18,33H,4-6,15-16H2,1-3H3,(H2,29,31,34). The molecule has 0 spiro atoms. The second-order valence-electron chi connectivity index (χ2n) is 7.97. The Labute approximate surface area is 215 Å². The number of aromatic nitrogens is 1. The summed E-state index contributed by atoms with van der Waals surface area (Å²) in [6.07, 6.45) is 0.903. The summed E-state index contributed by atoms with van der Waals surface area (Å²) in [7, 11) is 0. The van der Waals surface area contributed by atoms with Crippen LogP contribution in [0, 0.1) is 11.3 Å². The van der Waals surface area contributed by atoms with Crippen LogP contribution in [0.4, 0.5) is 10.5 Å². The normalized spacial score (nSPS) is 11.7. The number of nitrogens with one attached hydrogen (secondary N) is 2. The zero-order chi connectivity index (χ0) is 26.1. The van der Waals surface area contributed by atoms with Crippen LogP contribution in [0.15, 0.2) is 42.6 Å². The zero-order valence-corrected chi connectivity index (χ0v) is 21.3. The Hall–Kier alpha value is -3.58. The molecule has 1 aromatic heterocycles. The maximum atomic E-state index is 11.8. The van der Waals surface area contributed by atoms with E-state index in [4.69, 9.17) is 21.1 Å². The Bertz CT molecular complexity index is 1240. The second kappa shape index (κ2) is 12.9. The lowest BCUT2D eigenvalue weighted by Crippen LogP contribution is -2.35. The van der Waals surface area contributed by atoms with Crippen LogP contribution in [0.5, 0.6) is 17.2 Å². The molecule has 0 saturated heterocycles. The van der Waals surface area contributed by atoms with Gasteiger partial charge < -0.3 is 30.1 Å². The highest BCUT2D eigenvalue weighted by atomic mass is 35.5. The van der Waals surface area contributed by atoms with E-state index in [0.717, 1.165) is 13.1 Å². The molecule has 0 fully saturated rings. The fourth-order valence-electron chi connectivity index (χ4n) is 3.58. The summed E-state index contributed by atoms with van der Waals surface area (Å²) in [5, 5.41) is 26.3. The van der Waals surface area contributed by atoms with E-state index in [9.17, 15) is 15.2 Å². The van der Waals surface area contributed by atoms with Gasteiger partial charge in [0.25, 0.3) is 0 Å². The van der Waals surface area contributed by atoms with Gasteiger partial charge in [-0.2, -0.15) is 5.26 Å². The van der Waals surface area contributed by atoms with E-state index < -0.39 is 6.10 Å². The fourth-order valence-corrected chi connectivity index (χ4v) is 3.80. The zero-order valence-electron chi connectivity index (χ0n) is 20.5. The first-order chi connectivity index (χ1) is 17.4. The number of aliphatic hydroxyl groups is 1. The predicted molar refractivity (Wildman–Crippen MR) is 140 cm³/mol. The number of carbonyl (C=O) groups is 1. The lowest BCUT2D eigenvalue weighted by molar-refractivity contribution is 0.0716. The summed E-state index contributed by atoms with van der Waals surface area (Å²) >= 11 is 6.32. The van der Waals surface area contributed by atoms with E-state index >= 15 is 0 Å². The molecule has 0 aliphatic heterocycles. The Morgan fingerprint density at radius 3 is 2.64 bits per heavy atom. The number of pyridine rings is 1. The maximum absolute atomic E-state index is 11.8. The van der Waals surface area contributed by atoms with Gasteiger partial charge in [-0.1, -0.05) is 25.4 Å². The van der Waals surface area contributed by atoms with Crippen molar-refractivity contribution in [2.75, 3.05) is 38.1 Å². The molecule has 1 unspecified atom stereocenters. The largest absolute Gasteiger partial charge is 0.489 e. The molecular weight excluding hydrogens is 482 g/mol. The smallest absolute Gasteiger partial charge is 0.319 e. The van der Waals surface area contributed by atoms with Crippen molar-refractivity contribution in [3.05, 3.63) is 53.2 Å². The number of benzene rings is 2. The first-order valence-corrected chi connectivity index (χ1v) is 12.1. The number of ether oxygens (including phenoxy) is 2. The summed E-state index contributed by atoms with van der Waals surface area (Å²) in [6, 6.07) is 11.7. The summed E-state index contributed by atoms with van der Waals surface area (Å²) in [5.41, 5.74) is 1.32. The number of nitriles is 1. The summed E-state index contributed by atoms with van der Waals surface area (Å²) in [5.74, 6) is 1.27. The summed E-state index contributed by atoms with van der Waals surface area (Å²) in [6.45, 7) is 8.59. The average molecular weight is 512 g/mol. The Morgan fingerprint density at radius 1 is 1.19 bits per heavy atom. The number of rotatable bonds is 11. The lowest BCUT2D eigenvalue weighted by Gasteiger charge is -2.22. The molecule has 0 radical (unpaired) electrons. The molecular formula is C26H30ClN5O4. The number of urea groups is 1. The third-order valence-corrected chi connectivity index (χ3v) is 5.78. The van der Waals surface area contributed by atoms with E-state index in [2.05, 4.69) is 26.6 Å². The van der Waals surface area contributed by atoms with Crippen molar-refractivity contribution in [2.24, 2.45) is 0 Å². The molecule has 0 bridgehead atoms. The maximum Gasteiger partial charge on any atom is 0.319 e. The molecule has 1 heterocycles. The van der Waals surface area contributed by atoms with Crippen LogP contribution in [0.2, 0.25) is 5.02 Å². The number of hydrogen-bond acceptors (Lipinski definition) is 7. The van der Waals surface area contributed by atoms with Crippen LogP contribution in [0.25, 0.3) is 10.9 Å². The van der Waals surface area contributed by atoms with Crippen molar-refractivity contribution in [2.45, 2.75) is 26.9 Å². The van der Waals surface area contributed by atoms with Crippen molar-refractivity contribution >= 4 is 34.2 Å². The number of fused-ring (bicyclic) bond motifs is 1. The predicted octanol–water partition coefficient (Wildman–Crippen LogP) is 4.78. The summed E-state index contributed by atoms with van der Waals surface area (Å²) < 4.78 is 11.8. The first-order valence-electron chi connectivity index (χ1n) is 11.8. The number of hydrogen-bond donors (Lipinski definition) is 3. The highest BCUT2D eigenvalue weighted by Crippen LogP contribution is 2.35. The van der Waals surface area contributed by atoms with Crippen LogP contribution < -0.4 is 20.1 Å². The van der Waals surface area contributed by atoms with Gasteiger partial charge in [-0.25, -0.2) is 4.79 Å². The average Bonchev–Trinajstić information content (AvgIpc) is 2.87. The number of nitrogens with zero attached hydrogens (tertiary/aromatic N) is 3. The van der Waals surface area contributed by atoms with Gasteiger partial charge in [0, 0.05) is 36.8 Å². The minimum absolute atomic E-state index is 0.0576. The van der Waals surface area contributed by atoms with E-state index in [1.54, 1.807) is 42.6 Å². The van der Waals surface area contributed by atoms with Gasteiger partial charge in [0.1, 0.15) is 36.0 Å². The number of likely N-dealkylation sites (N-methyl/N-ethyl adjacent to an activating group) is 1. The monoisotopic (exact) mass is 511 g/mol. The Balaban J connectivity index is 1.80. The number of aliphatic hydroxyl groups excluding tert-OH is 1. The van der Waals surface area contributed by atoms with Gasteiger partial charge in [-0.3, -0.25) is 4.98 Å². The van der Waals surface area contributed by atoms with E-state index in [-0.39, 0.29) is 12.6 Å². The third-order valence-electron chi connectivity index (χ3n) is 5.47. The molecule has 3 rings (SSSR count). The van der Waals surface area contributed by atoms with Gasteiger partial charge in [-0.05, 0) is 44.3 Å². The topological polar surface area (TPSA) is 120 Å². The second-order valence-corrected chi connectivity index (χ2v) is 8.37. The van der Waals surface area contributed by atoms with Gasteiger partial charge in [0.15, 0.2) is 0 Å². The first kappa shape index (κ1) is 27.0. The minimum Gasteiger partial charge on any atom is -0.489 e. The van der Waals surface area contributed by atoms with Crippen LogP contribution in [-0.2, 0) is 0 Å². The van der Waals surface area contributed by atoms with Crippen LogP contribution in [0.1, 0.15) is 26.3 Å². The molecule has 3 N–H and O–H groups in total. The van der Waals surface area contributed by atoms with Gasteiger partial charge in [0.2, 0.25) is 0 Å². The molecule has 2 aromatic carbocycles. The molecule has 1 atom stereocenters. The van der Waals surface area contributed by atoms with Crippen LogP contribution in [0.3, 0.4) is 0 Å². The SMILES string of the molecule is CCNC(=O)Nc1ccc(Oc2ccnc3cc(OCC(O)CN(CC)CC)c(C#N)cc23)cc1Cl. The van der Waals surface area contributed by atoms with Crippen LogP contribution >= 0.6 is 11.6 Å². The molecule has 190 valence electrons. The number of carbonyl (C=O) groups excluding carboxylic acids is 1. The fraction of sp³-hybridized carbons (Fsp3) is 0.346. The molecule has 3 aromatic rings. The minimum atomic E-state index is -0.690. The van der Waals surface area contributed by atoms with Crippen LogP contribution in [-0.4, -0.2) is 59.9 Å². The van der Waals surface area contributed by atoms with Gasteiger partial charge in [-0.15, -0.1) is 0 Å². The van der Waals surface area contributed by atoms with Gasteiger partial charge >= 0.3 is 6.03 Å². The molecule has 9 nitrogen and oxygen atoms in total. The molecule has 2 amide bonds. The number of anilines is 1. The molecule has 10 heteroatoms. The van der Waals surface area contributed by atoms with E-state index in [1.165, 1.54) is 0 Å². The number of amides is 2. The van der Waals surface area contributed by atoms with Crippen molar-refractivity contribution in [3.63, 3.8) is 0 Å². The Kier molecular flexibility index (Phi) is 9.70. The molecule has 0 saturated carbocycles. The molecule has 0 aliphatic rings. The van der Waals surface area contributed by atoms with Crippen molar-refractivity contribution < 1.29 is 19.4 Å². The van der Waals surface area contributed by atoms with Gasteiger partial charge in [0.05, 0.1) is 21.8 Å². The number of halogens is 1. The Morgan fingerprint density at radius 2 is 1.97 bits per heavy atom. The third kappa shape index (κ3) is 6.98. The van der Waals surface area contributed by atoms with Crippen molar-refractivity contribution in [3.8, 4) is 23.3 Å². The van der Waals surface area contributed by atoms with E-state index in [0.29, 0.717) is 57.5 Å².